The Morgan fingerprint density at radius 3 is 2.71 bits per heavy atom. The van der Waals surface area contributed by atoms with Crippen molar-refractivity contribution >= 4 is 5.78 Å². The molecule has 0 aromatic heterocycles. The van der Waals surface area contributed by atoms with Gasteiger partial charge in [0.1, 0.15) is 5.75 Å². The molecule has 0 spiro atoms. The van der Waals surface area contributed by atoms with Crippen LogP contribution in [0.25, 0.3) is 0 Å². The van der Waals surface area contributed by atoms with Gasteiger partial charge in [0.25, 0.3) is 0 Å². The molecular weight excluding hydrogens is 262 g/mol. The van der Waals surface area contributed by atoms with Crippen LogP contribution >= 0.6 is 0 Å². The number of piperidine rings is 1. The van der Waals surface area contributed by atoms with Crippen molar-refractivity contribution in [2.75, 3.05) is 19.7 Å². The van der Waals surface area contributed by atoms with Gasteiger partial charge in [-0.05, 0) is 57.0 Å². The third kappa shape index (κ3) is 4.85. The van der Waals surface area contributed by atoms with Gasteiger partial charge in [-0.2, -0.15) is 0 Å². The van der Waals surface area contributed by atoms with Crippen molar-refractivity contribution in [3.8, 4) is 5.75 Å². The van der Waals surface area contributed by atoms with Gasteiger partial charge in [0.2, 0.25) is 0 Å². The van der Waals surface area contributed by atoms with E-state index in [2.05, 4.69) is 18.7 Å². The zero-order valence-corrected chi connectivity index (χ0v) is 13.3. The van der Waals surface area contributed by atoms with E-state index in [4.69, 9.17) is 4.74 Å². The van der Waals surface area contributed by atoms with E-state index in [1.807, 2.05) is 24.3 Å². The average Bonchev–Trinajstić information content (AvgIpc) is 2.52. The summed E-state index contributed by atoms with van der Waals surface area (Å²) in [6.45, 7) is 7.09. The van der Waals surface area contributed by atoms with Gasteiger partial charge in [0.05, 0.1) is 6.61 Å². The van der Waals surface area contributed by atoms with E-state index >= 15 is 0 Å². The zero-order valence-electron chi connectivity index (χ0n) is 13.3. The van der Waals surface area contributed by atoms with E-state index < -0.39 is 0 Å². The van der Waals surface area contributed by atoms with E-state index in [1.165, 1.54) is 19.3 Å². The molecule has 3 heteroatoms. The SMILES string of the molecule is CCCOc1ccc(C(=O)CCN2CCCCC2C)cc1. The first-order valence-electron chi connectivity index (χ1n) is 8.21. The Kier molecular flexibility index (Phi) is 6.24. The Hall–Kier alpha value is -1.35. The minimum absolute atomic E-state index is 0.231. The molecule has 21 heavy (non-hydrogen) atoms. The number of ether oxygens (including phenoxy) is 1. The second-order valence-electron chi connectivity index (χ2n) is 5.93. The van der Waals surface area contributed by atoms with Gasteiger partial charge in [-0.1, -0.05) is 13.3 Å². The van der Waals surface area contributed by atoms with Crippen LogP contribution in [0.1, 0.15) is 56.3 Å². The molecule has 1 heterocycles. The smallest absolute Gasteiger partial charge is 0.164 e. The molecule has 0 aliphatic carbocycles. The number of carbonyl (C=O) groups is 1. The van der Waals surface area contributed by atoms with Crippen LogP contribution in [0, 0.1) is 0 Å². The molecule has 1 fully saturated rings. The minimum Gasteiger partial charge on any atom is -0.494 e. The van der Waals surface area contributed by atoms with Crippen LogP contribution in [0.5, 0.6) is 5.75 Å². The highest BCUT2D eigenvalue weighted by Crippen LogP contribution is 2.18. The van der Waals surface area contributed by atoms with Crippen molar-refractivity contribution in [1.29, 1.82) is 0 Å². The molecule has 0 bridgehead atoms. The van der Waals surface area contributed by atoms with Crippen LogP contribution in [0.4, 0.5) is 0 Å². The zero-order chi connectivity index (χ0) is 15.1. The van der Waals surface area contributed by atoms with Crippen molar-refractivity contribution in [2.45, 2.75) is 52.0 Å². The van der Waals surface area contributed by atoms with Crippen molar-refractivity contribution in [2.24, 2.45) is 0 Å². The summed E-state index contributed by atoms with van der Waals surface area (Å²) in [5, 5.41) is 0. The molecule has 2 rings (SSSR count). The molecule has 0 radical (unpaired) electrons. The van der Waals surface area contributed by atoms with Gasteiger partial charge in [-0.25, -0.2) is 0 Å². The third-order valence-corrected chi connectivity index (χ3v) is 4.22. The van der Waals surface area contributed by atoms with Crippen LogP contribution in [-0.2, 0) is 0 Å². The number of hydrogen-bond acceptors (Lipinski definition) is 3. The molecule has 116 valence electrons. The third-order valence-electron chi connectivity index (χ3n) is 4.22. The summed E-state index contributed by atoms with van der Waals surface area (Å²) in [6, 6.07) is 8.18. The van der Waals surface area contributed by atoms with Crippen molar-refractivity contribution in [3.05, 3.63) is 29.8 Å². The number of rotatable bonds is 7. The second kappa shape index (κ2) is 8.18. The first kappa shape index (κ1) is 16.0. The first-order valence-corrected chi connectivity index (χ1v) is 8.21. The van der Waals surface area contributed by atoms with Gasteiger partial charge >= 0.3 is 0 Å². The van der Waals surface area contributed by atoms with Crippen molar-refractivity contribution < 1.29 is 9.53 Å². The van der Waals surface area contributed by atoms with Crippen molar-refractivity contribution in [1.82, 2.24) is 4.90 Å². The Morgan fingerprint density at radius 1 is 1.29 bits per heavy atom. The van der Waals surface area contributed by atoms with E-state index in [1.54, 1.807) is 0 Å². The molecule has 3 nitrogen and oxygen atoms in total. The lowest BCUT2D eigenvalue weighted by molar-refractivity contribution is 0.0935. The molecule has 1 unspecified atom stereocenters. The maximum absolute atomic E-state index is 12.3. The van der Waals surface area contributed by atoms with Crippen molar-refractivity contribution in [3.63, 3.8) is 0 Å². The molecule has 0 saturated carbocycles. The Morgan fingerprint density at radius 2 is 2.05 bits per heavy atom. The molecule has 1 aromatic rings. The summed E-state index contributed by atoms with van der Waals surface area (Å²) in [5.41, 5.74) is 0.795. The predicted molar refractivity (Wildman–Crippen MR) is 86.1 cm³/mol. The summed E-state index contributed by atoms with van der Waals surface area (Å²) < 4.78 is 5.54. The summed E-state index contributed by atoms with van der Waals surface area (Å²) in [4.78, 5) is 14.7. The average molecular weight is 289 g/mol. The van der Waals surface area contributed by atoms with E-state index in [-0.39, 0.29) is 5.78 Å². The van der Waals surface area contributed by atoms with Crippen LogP contribution < -0.4 is 4.74 Å². The lowest BCUT2D eigenvalue weighted by Gasteiger charge is -2.33. The predicted octanol–water partition coefficient (Wildman–Crippen LogP) is 3.92. The Bertz CT molecular complexity index is 441. The normalized spacial score (nSPS) is 19.4. The summed E-state index contributed by atoms with van der Waals surface area (Å²) in [6.07, 6.45) is 5.46. The number of likely N-dealkylation sites (tertiary alicyclic amines) is 1. The fourth-order valence-corrected chi connectivity index (χ4v) is 2.84. The highest BCUT2D eigenvalue weighted by atomic mass is 16.5. The number of Topliss-reactive ketones (excluding diaryl/α,β-unsaturated/α-hetero) is 1. The van der Waals surface area contributed by atoms with Gasteiger partial charge < -0.3 is 9.64 Å². The molecule has 0 N–H and O–H groups in total. The number of hydrogen-bond donors (Lipinski definition) is 0. The van der Waals surface area contributed by atoms with E-state index in [9.17, 15) is 4.79 Å². The number of nitrogens with zero attached hydrogens (tertiary/aromatic N) is 1. The standard InChI is InChI=1S/C18H27NO2/c1-3-14-21-17-9-7-16(8-10-17)18(20)11-13-19-12-5-4-6-15(19)2/h7-10,15H,3-6,11-14H2,1-2H3. The summed E-state index contributed by atoms with van der Waals surface area (Å²) >= 11 is 0. The van der Waals surface area contributed by atoms with Crippen LogP contribution in [0.15, 0.2) is 24.3 Å². The molecule has 1 aliphatic rings. The minimum atomic E-state index is 0.231. The van der Waals surface area contributed by atoms with Gasteiger partial charge in [-0.3, -0.25) is 4.79 Å². The number of benzene rings is 1. The molecule has 1 aliphatic heterocycles. The van der Waals surface area contributed by atoms with E-state index in [0.29, 0.717) is 12.5 Å². The first-order chi connectivity index (χ1) is 10.2. The summed E-state index contributed by atoms with van der Waals surface area (Å²) in [7, 11) is 0. The largest absolute Gasteiger partial charge is 0.494 e. The summed E-state index contributed by atoms with van der Waals surface area (Å²) in [5.74, 6) is 1.08. The van der Waals surface area contributed by atoms with Crippen LogP contribution in [-0.4, -0.2) is 36.4 Å². The lowest BCUT2D eigenvalue weighted by Crippen LogP contribution is -2.38. The highest BCUT2D eigenvalue weighted by molar-refractivity contribution is 5.96. The molecule has 1 saturated heterocycles. The number of carbonyl (C=O) groups excluding carboxylic acids is 1. The van der Waals surface area contributed by atoms with E-state index in [0.717, 1.165) is 37.4 Å². The molecule has 1 aromatic carbocycles. The van der Waals surface area contributed by atoms with Gasteiger partial charge in [0.15, 0.2) is 5.78 Å². The maximum atomic E-state index is 12.3. The highest BCUT2D eigenvalue weighted by Gasteiger charge is 2.18. The fraction of sp³-hybridized carbons (Fsp3) is 0.611. The van der Waals surface area contributed by atoms with Gasteiger partial charge in [-0.15, -0.1) is 0 Å². The number of ketones is 1. The monoisotopic (exact) mass is 289 g/mol. The van der Waals surface area contributed by atoms with Crippen LogP contribution in [0.3, 0.4) is 0 Å². The lowest BCUT2D eigenvalue weighted by atomic mass is 10.0. The topological polar surface area (TPSA) is 29.5 Å². The molecule has 1 atom stereocenters. The van der Waals surface area contributed by atoms with Crippen LogP contribution in [0.2, 0.25) is 0 Å². The second-order valence-corrected chi connectivity index (χ2v) is 5.93. The fourth-order valence-electron chi connectivity index (χ4n) is 2.84. The molecular formula is C18H27NO2. The van der Waals surface area contributed by atoms with Gasteiger partial charge in [0, 0.05) is 24.6 Å². The molecule has 0 amide bonds. The maximum Gasteiger partial charge on any atom is 0.164 e. The Labute approximate surface area is 128 Å². The quantitative estimate of drug-likeness (QED) is 0.712. The Balaban J connectivity index is 1.82.